The second-order valence-electron chi connectivity index (χ2n) is 8.22. The maximum absolute atomic E-state index is 14.4. The Labute approximate surface area is 179 Å². The zero-order valence-corrected chi connectivity index (χ0v) is 17.9. The molecule has 1 saturated heterocycles. The average molecular weight is 450 g/mol. The summed E-state index contributed by atoms with van der Waals surface area (Å²) in [5, 5.41) is 12.0. The van der Waals surface area contributed by atoms with E-state index in [0.29, 0.717) is 42.9 Å². The molecule has 2 N–H and O–H groups in total. The lowest BCUT2D eigenvalue weighted by molar-refractivity contribution is 0.106. The van der Waals surface area contributed by atoms with Crippen molar-refractivity contribution in [2.45, 2.75) is 24.7 Å². The highest BCUT2D eigenvalue weighted by atomic mass is 32.2. The van der Waals surface area contributed by atoms with Crippen LogP contribution >= 0.6 is 0 Å². The lowest BCUT2D eigenvalue weighted by Crippen LogP contribution is -2.39. The van der Waals surface area contributed by atoms with Crippen LogP contribution in [0.2, 0.25) is 0 Å². The molecule has 1 aromatic heterocycles. The smallest absolute Gasteiger partial charge is 0.407 e. The number of halogens is 1. The quantitative estimate of drug-likeness (QED) is 0.689. The third-order valence-corrected chi connectivity index (χ3v) is 7.22. The summed E-state index contributed by atoms with van der Waals surface area (Å²) in [4.78, 5) is 20.8. The van der Waals surface area contributed by atoms with Gasteiger partial charge in [0.05, 0.1) is 22.8 Å². The van der Waals surface area contributed by atoms with E-state index in [9.17, 15) is 17.6 Å². The van der Waals surface area contributed by atoms with Crippen LogP contribution in [0.1, 0.15) is 18.4 Å². The Morgan fingerprint density at radius 1 is 1.42 bits per heavy atom. The molecule has 2 fully saturated rings. The number of amides is 1. The number of fused-ring (bicyclic) bond motifs is 1. The van der Waals surface area contributed by atoms with E-state index in [1.807, 2.05) is 0 Å². The average Bonchev–Trinajstić information content (AvgIpc) is 3.43. The van der Waals surface area contributed by atoms with Crippen molar-refractivity contribution in [3.8, 4) is 5.88 Å². The molecule has 2 heterocycles. The molecule has 4 rings (SSSR count). The predicted molar refractivity (Wildman–Crippen MR) is 110 cm³/mol. The normalized spacial score (nSPS) is 22.5. The van der Waals surface area contributed by atoms with Crippen LogP contribution in [0.4, 0.5) is 20.7 Å². The van der Waals surface area contributed by atoms with Crippen LogP contribution in [-0.2, 0) is 9.84 Å². The summed E-state index contributed by atoms with van der Waals surface area (Å²) in [6.07, 6.45) is 3.10. The van der Waals surface area contributed by atoms with Gasteiger partial charge in [-0.2, -0.15) is 0 Å². The van der Waals surface area contributed by atoms with Crippen molar-refractivity contribution >= 4 is 27.4 Å². The number of hydrogen-bond donors (Lipinski definition) is 2. The first-order valence-electron chi connectivity index (χ1n) is 9.78. The number of carbonyl (C=O) groups is 1. The molecule has 0 bridgehead atoms. The lowest BCUT2D eigenvalue weighted by Gasteiger charge is -2.29. The molecule has 0 spiro atoms. The molecule has 0 radical (unpaired) electrons. The molecule has 31 heavy (non-hydrogen) atoms. The standard InChI is InChI=1S/C20H23FN4O5S/c1-12-17(24-16-4-3-14(7-15(16)21)31(2,28)29)22-11-23-18(12)30-10-20-5-6-25(19(26)27)9-13(20)8-20/h3-4,7,11,13H,5-6,8-10H2,1-2H3,(H,26,27)(H,22,23,24). The number of carboxylic acid groups (broad SMARTS) is 1. The Kier molecular flexibility index (Phi) is 5.24. The largest absolute Gasteiger partial charge is 0.477 e. The monoisotopic (exact) mass is 450 g/mol. The molecule has 1 amide bonds. The highest BCUT2D eigenvalue weighted by Gasteiger charge is 2.57. The van der Waals surface area contributed by atoms with Crippen molar-refractivity contribution < 1.29 is 27.4 Å². The molecule has 1 saturated carbocycles. The number of benzene rings is 1. The van der Waals surface area contributed by atoms with E-state index in [2.05, 4.69) is 15.3 Å². The number of anilines is 2. The Morgan fingerprint density at radius 2 is 2.19 bits per heavy atom. The summed E-state index contributed by atoms with van der Waals surface area (Å²) in [5.74, 6) is 0.292. The van der Waals surface area contributed by atoms with Gasteiger partial charge in [-0.15, -0.1) is 0 Å². The van der Waals surface area contributed by atoms with Gasteiger partial charge in [-0.05, 0) is 43.9 Å². The van der Waals surface area contributed by atoms with Gasteiger partial charge in [0.25, 0.3) is 0 Å². The fourth-order valence-corrected chi connectivity index (χ4v) is 4.64. The van der Waals surface area contributed by atoms with Crippen LogP contribution in [-0.4, -0.2) is 60.4 Å². The van der Waals surface area contributed by atoms with Gasteiger partial charge in [0.2, 0.25) is 5.88 Å². The number of nitrogens with one attached hydrogen (secondary N) is 1. The number of piperidine rings is 1. The van der Waals surface area contributed by atoms with Crippen LogP contribution in [0.25, 0.3) is 0 Å². The summed E-state index contributed by atoms with van der Waals surface area (Å²) in [6.45, 7) is 3.19. The van der Waals surface area contributed by atoms with Crippen molar-refractivity contribution in [3.63, 3.8) is 0 Å². The lowest BCUT2D eigenvalue weighted by atomic mass is 9.96. The second kappa shape index (κ2) is 7.63. The van der Waals surface area contributed by atoms with Gasteiger partial charge < -0.3 is 20.1 Å². The topological polar surface area (TPSA) is 122 Å². The van der Waals surface area contributed by atoms with E-state index in [1.165, 1.54) is 23.4 Å². The zero-order chi connectivity index (χ0) is 22.4. The number of likely N-dealkylation sites (tertiary alicyclic amines) is 1. The Morgan fingerprint density at radius 3 is 2.84 bits per heavy atom. The van der Waals surface area contributed by atoms with Gasteiger partial charge in [0.15, 0.2) is 9.84 Å². The van der Waals surface area contributed by atoms with Gasteiger partial charge in [-0.3, -0.25) is 0 Å². The number of aromatic nitrogens is 2. The SMILES string of the molecule is Cc1c(Nc2ccc(S(C)(=O)=O)cc2F)ncnc1OCC12CCN(C(=O)O)CC1C2. The minimum atomic E-state index is -3.51. The fourth-order valence-electron chi connectivity index (χ4n) is 4.01. The van der Waals surface area contributed by atoms with E-state index in [1.54, 1.807) is 6.92 Å². The first kappa shape index (κ1) is 21.3. The summed E-state index contributed by atoms with van der Waals surface area (Å²) in [5.41, 5.74) is 0.651. The third-order valence-electron chi connectivity index (χ3n) is 6.11. The van der Waals surface area contributed by atoms with Gasteiger partial charge in [-0.25, -0.2) is 27.6 Å². The van der Waals surface area contributed by atoms with Crippen molar-refractivity contribution in [1.29, 1.82) is 0 Å². The molecule has 2 aliphatic rings. The zero-order valence-electron chi connectivity index (χ0n) is 17.1. The second-order valence-corrected chi connectivity index (χ2v) is 10.2. The number of rotatable bonds is 6. The van der Waals surface area contributed by atoms with Gasteiger partial charge >= 0.3 is 6.09 Å². The number of nitrogens with zero attached hydrogens (tertiary/aromatic N) is 3. The fraction of sp³-hybridized carbons (Fsp3) is 0.450. The molecule has 166 valence electrons. The number of ether oxygens (including phenoxy) is 1. The van der Waals surface area contributed by atoms with Crippen molar-refractivity contribution in [2.75, 3.05) is 31.3 Å². The summed E-state index contributed by atoms with van der Waals surface area (Å²) in [7, 11) is -3.51. The third kappa shape index (κ3) is 4.27. The number of sulfone groups is 1. The van der Waals surface area contributed by atoms with Crippen LogP contribution < -0.4 is 10.1 Å². The molecule has 2 aromatic rings. The maximum Gasteiger partial charge on any atom is 0.407 e. The highest BCUT2D eigenvalue weighted by molar-refractivity contribution is 7.90. The first-order chi connectivity index (χ1) is 14.6. The van der Waals surface area contributed by atoms with Crippen molar-refractivity contribution in [2.24, 2.45) is 11.3 Å². The molecule has 9 nitrogen and oxygen atoms in total. The molecule has 11 heteroatoms. The summed E-state index contributed by atoms with van der Waals surface area (Å²) in [6, 6.07) is 3.63. The number of hydrogen-bond acceptors (Lipinski definition) is 7. The molecule has 2 atom stereocenters. The molecular formula is C20H23FN4O5S. The molecular weight excluding hydrogens is 427 g/mol. The molecule has 1 aliphatic heterocycles. The first-order valence-corrected chi connectivity index (χ1v) is 11.7. The maximum atomic E-state index is 14.4. The van der Waals surface area contributed by atoms with Crippen molar-refractivity contribution in [3.05, 3.63) is 35.9 Å². The van der Waals surface area contributed by atoms with E-state index >= 15 is 0 Å². The van der Waals surface area contributed by atoms with E-state index in [0.717, 1.165) is 25.2 Å². The van der Waals surface area contributed by atoms with Gasteiger partial charge in [0.1, 0.15) is 18.0 Å². The van der Waals surface area contributed by atoms with E-state index in [4.69, 9.17) is 9.84 Å². The van der Waals surface area contributed by atoms with Crippen LogP contribution in [0, 0.1) is 24.1 Å². The van der Waals surface area contributed by atoms with Gasteiger partial charge in [0, 0.05) is 24.8 Å². The van der Waals surface area contributed by atoms with E-state index < -0.39 is 21.7 Å². The highest BCUT2D eigenvalue weighted by Crippen LogP contribution is 2.58. The van der Waals surface area contributed by atoms with E-state index in [-0.39, 0.29) is 16.0 Å². The van der Waals surface area contributed by atoms with Crippen molar-refractivity contribution in [1.82, 2.24) is 14.9 Å². The minimum absolute atomic E-state index is 0.0233. The summed E-state index contributed by atoms with van der Waals surface area (Å²) < 4.78 is 43.5. The van der Waals surface area contributed by atoms with Crippen LogP contribution in [0.5, 0.6) is 5.88 Å². The Bertz CT molecular complexity index is 1140. The van der Waals surface area contributed by atoms with Crippen LogP contribution in [0.15, 0.2) is 29.4 Å². The Balaban J connectivity index is 1.44. The molecule has 2 unspecified atom stereocenters. The summed E-state index contributed by atoms with van der Waals surface area (Å²) >= 11 is 0. The van der Waals surface area contributed by atoms with Gasteiger partial charge in [-0.1, -0.05) is 0 Å². The Hall–Kier alpha value is -2.95. The predicted octanol–water partition coefficient (Wildman–Crippen LogP) is 2.84. The molecule has 1 aliphatic carbocycles. The van der Waals surface area contributed by atoms with Crippen LogP contribution in [0.3, 0.4) is 0 Å². The minimum Gasteiger partial charge on any atom is -0.477 e. The molecule has 1 aromatic carbocycles.